The Morgan fingerprint density at radius 3 is 2.44 bits per heavy atom. The van der Waals surface area contributed by atoms with Crippen LogP contribution in [0.3, 0.4) is 0 Å². The Bertz CT molecular complexity index is 1060. The summed E-state index contributed by atoms with van der Waals surface area (Å²) in [5.41, 5.74) is 1.28. The largest absolute Gasteiger partial charge is 0.492 e. The van der Waals surface area contributed by atoms with E-state index in [1.807, 2.05) is 30.3 Å². The number of ether oxygens (including phenoxy) is 1. The molecule has 1 saturated heterocycles. The molecule has 0 aliphatic carbocycles. The quantitative estimate of drug-likeness (QED) is 0.393. The van der Waals surface area contributed by atoms with Gasteiger partial charge in [0.15, 0.2) is 0 Å². The smallest absolute Gasteiger partial charge is 0.119 e. The Hall–Kier alpha value is -3.37. The Balaban J connectivity index is 1.51. The van der Waals surface area contributed by atoms with Gasteiger partial charge in [0.2, 0.25) is 0 Å². The van der Waals surface area contributed by atoms with Crippen LogP contribution in [-0.2, 0) is 5.41 Å². The van der Waals surface area contributed by atoms with Crippen molar-refractivity contribution < 1.29 is 4.74 Å². The minimum Gasteiger partial charge on any atom is -0.492 e. The zero-order valence-electron chi connectivity index (χ0n) is 21.6. The van der Waals surface area contributed by atoms with Crippen molar-refractivity contribution in [3.05, 3.63) is 65.7 Å². The van der Waals surface area contributed by atoms with Crippen LogP contribution in [0.4, 0.5) is 0 Å². The Labute approximate surface area is 216 Å². The number of nitrogens with zero attached hydrogens (tertiary/aromatic N) is 5. The van der Waals surface area contributed by atoms with Crippen LogP contribution in [0.2, 0.25) is 0 Å². The fourth-order valence-corrected chi connectivity index (χ4v) is 5.22. The monoisotopic (exact) mass is 483 g/mol. The van der Waals surface area contributed by atoms with E-state index in [0.29, 0.717) is 24.6 Å². The van der Waals surface area contributed by atoms with E-state index >= 15 is 0 Å². The van der Waals surface area contributed by atoms with Gasteiger partial charge in [-0.25, -0.2) is 0 Å². The number of rotatable bonds is 13. The molecule has 0 saturated carbocycles. The maximum Gasteiger partial charge on any atom is 0.119 e. The Kier molecular flexibility index (Phi) is 10.3. The van der Waals surface area contributed by atoms with Crippen molar-refractivity contribution in [1.29, 1.82) is 15.8 Å². The zero-order valence-corrected chi connectivity index (χ0v) is 21.6. The van der Waals surface area contributed by atoms with Gasteiger partial charge in [-0.1, -0.05) is 44.2 Å². The average molecular weight is 484 g/mol. The fraction of sp³-hybridized carbons (Fsp3) is 0.500. The number of benzene rings is 2. The molecule has 0 radical (unpaired) electrons. The van der Waals surface area contributed by atoms with E-state index in [2.05, 4.69) is 54.0 Å². The third-order valence-electron chi connectivity index (χ3n) is 7.42. The molecule has 2 atom stereocenters. The minimum absolute atomic E-state index is 0.244. The van der Waals surface area contributed by atoms with Crippen molar-refractivity contribution in [1.82, 2.24) is 9.80 Å². The highest BCUT2D eigenvalue weighted by molar-refractivity contribution is 5.34. The topological polar surface area (TPSA) is 87.1 Å². The molecule has 2 unspecified atom stereocenters. The molecule has 6 heteroatoms. The van der Waals surface area contributed by atoms with Gasteiger partial charge >= 0.3 is 0 Å². The van der Waals surface area contributed by atoms with E-state index in [9.17, 15) is 5.26 Å². The van der Waals surface area contributed by atoms with Gasteiger partial charge < -0.3 is 9.64 Å². The maximum atomic E-state index is 10.2. The van der Waals surface area contributed by atoms with Crippen molar-refractivity contribution in [2.45, 2.75) is 51.0 Å². The highest BCUT2D eigenvalue weighted by Gasteiger charge is 2.36. The van der Waals surface area contributed by atoms with Crippen molar-refractivity contribution in [3.63, 3.8) is 0 Å². The third kappa shape index (κ3) is 7.08. The predicted molar refractivity (Wildman–Crippen MR) is 141 cm³/mol. The summed E-state index contributed by atoms with van der Waals surface area (Å²) in [6, 6.07) is 24.9. The lowest BCUT2D eigenvalue weighted by Gasteiger charge is -2.32. The van der Waals surface area contributed by atoms with Crippen LogP contribution >= 0.6 is 0 Å². The van der Waals surface area contributed by atoms with E-state index < -0.39 is 5.41 Å². The van der Waals surface area contributed by atoms with E-state index in [1.165, 1.54) is 0 Å². The first kappa shape index (κ1) is 27.2. The lowest BCUT2D eigenvalue weighted by molar-refractivity contribution is 0.160. The molecule has 0 aromatic heterocycles. The van der Waals surface area contributed by atoms with Crippen molar-refractivity contribution >= 4 is 0 Å². The SMILES string of the molecule is CC(C)C(C#N)(CCCN1CCC(N(CCC#N)CCOc2ccc(C#N)cc2)C1)c1ccccc1. The van der Waals surface area contributed by atoms with Crippen LogP contribution in [0.5, 0.6) is 5.75 Å². The van der Waals surface area contributed by atoms with Crippen LogP contribution in [0.1, 0.15) is 50.7 Å². The van der Waals surface area contributed by atoms with E-state index in [-0.39, 0.29) is 5.92 Å². The number of hydrogen-bond donors (Lipinski definition) is 0. The molecule has 1 aliphatic heterocycles. The summed E-state index contributed by atoms with van der Waals surface area (Å²) in [6.07, 6.45) is 3.41. The first-order valence-electron chi connectivity index (χ1n) is 13.0. The summed E-state index contributed by atoms with van der Waals surface area (Å²) in [4.78, 5) is 4.88. The van der Waals surface area contributed by atoms with Crippen LogP contribution in [0, 0.1) is 39.9 Å². The Morgan fingerprint density at radius 2 is 1.81 bits per heavy atom. The van der Waals surface area contributed by atoms with E-state index in [0.717, 1.165) is 63.3 Å². The van der Waals surface area contributed by atoms with Gasteiger partial charge in [0.25, 0.3) is 0 Å². The summed E-state index contributed by atoms with van der Waals surface area (Å²) < 4.78 is 5.90. The molecule has 188 valence electrons. The van der Waals surface area contributed by atoms with Crippen molar-refractivity contribution in [3.8, 4) is 24.0 Å². The van der Waals surface area contributed by atoms with Gasteiger partial charge in [-0.05, 0) is 68.1 Å². The molecule has 6 nitrogen and oxygen atoms in total. The summed E-state index contributed by atoms with van der Waals surface area (Å²) in [7, 11) is 0. The van der Waals surface area contributed by atoms with Gasteiger partial charge in [0.05, 0.1) is 29.2 Å². The van der Waals surface area contributed by atoms with Gasteiger partial charge in [-0.15, -0.1) is 0 Å². The highest BCUT2D eigenvalue weighted by atomic mass is 16.5. The average Bonchev–Trinajstić information content (AvgIpc) is 3.38. The highest BCUT2D eigenvalue weighted by Crippen LogP contribution is 2.36. The molecule has 0 bridgehead atoms. The molecule has 0 spiro atoms. The van der Waals surface area contributed by atoms with Crippen LogP contribution in [0.15, 0.2) is 54.6 Å². The molecular formula is C30H37N5O. The van der Waals surface area contributed by atoms with Gasteiger partial charge in [0, 0.05) is 32.1 Å². The van der Waals surface area contributed by atoms with E-state index in [4.69, 9.17) is 15.3 Å². The van der Waals surface area contributed by atoms with Crippen LogP contribution in [-0.4, -0.2) is 55.2 Å². The lowest BCUT2D eigenvalue weighted by Crippen LogP contribution is -2.41. The number of likely N-dealkylation sites (tertiary alicyclic amines) is 1. The van der Waals surface area contributed by atoms with E-state index in [1.54, 1.807) is 12.1 Å². The first-order chi connectivity index (χ1) is 17.5. The van der Waals surface area contributed by atoms with Gasteiger partial charge in [0.1, 0.15) is 12.4 Å². The standard InChI is InChI=1S/C30H37N5O/c1-25(2)30(24-33,27-8-4-3-5-9-27)15-6-17-34-19-14-28(23-34)35(18-7-16-31)20-21-36-29-12-10-26(22-32)11-13-29/h3-5,8-13,25,28H,6-7,14-15,17-21,23H2,1-2H3. The predicted octanol–water partition coefficient (Wildman–Crippen LogP) is 5.12. The van der Waals surface area contributed by atoms with Gasteiger partial charge in [-0.3, -0.25) is 4.90 Å². The number of hydrogen-bond acceptors (Lipinski definition) is 6. The molecule has 1 heterocycles. The molecular weight excluding hydrogens is 446 g/mol. The molecule has 1 fully saturated rings. The number of nitriles is 3. The third-order valence-corrected chi connectivity index (χ3v) is 7.42. The van der Waals surface area contributed by atoms with Gasteiger partial charge in [-0.2, -0.15) is 15.8 Å². The van der Waals surface area contributed by atoms with Crippen molar-refractivity contribution in [2.24, 2.45) is 5.92 Å². The Morgan fingerprint density at radius 1 is 1.06 bits per heavy atom. The minimum atomic E-state index is -0.456. The molecule has 2 aromatic carbocycles. The summed E-state index contributed by atoms with van der Waals surface area (Å²) in [5.74, 6) is 1.00. The zero-order chi connectivity index (χ0) is 25.8. The summed E-state index contributed by atoms with van der Waals surface area (Å²) in [6.45, 7) is 9.34. The second-order valence-electron chi connectivity index (χ2n) is 9.88. The van der Waals surface area contributed by atoms with Crippen LogP contribution in [0.25, 0.3) is 0 Å². The summed E-state index contributed by atoms with van der Waals surface area (Å²) >= 11 is 0. The first-order valence-corrected chi connectivity index (χ1v) is 13.0. The molecule has 36 heavy (non-hydrogen) atoms. The normalized spacial score (nSPS) is 17.3. The second-order valence-corrected chi connectivity index (χ2v) is 9.88. The molecule has 2 aromatic rings. The fourth-order valence-electron chi connectivity index (χ4n) is 5.22. The lowest BCUT2D eigenvalue weighted by atomic mass is 9.70. The van der Waals surface area contributed by atoms with Crippen LogP contribution < -0.4 is 4.74 Å². The van der Waals surface area contributed by atoms with Crippen molar-refractivity contribution in [2.75, 3.05) is 39.3 Å². The maximum absolute atomic E-state index is 10.2. The molecule has 1 aliphatic rings. The summed E-state index contributed by atoms with van der Waals surface area (Å²) in [5, 5.41) is 28.2. The molecule has 3 rings (SSSR count). The molecule has 0 amide bonds. The molecule has 0 N–H and O–H groups in total. The second kappa shape index (κ2) is 13.6.